The average molecular weight is 447 g/mol. The van der Waals surface area contributed by atoms with Crippen molar-refractivity contribution in [2.24, 2.45) is 11.8 Å². The van der Waals surface area contributed by atoms with Gasteiger partial charge >= 0.3 is 0 Å². The molecule has 0 radical (unpaired) electrons. The molecule has 0 aromatic heterocycles. The third-order valence-electron chi connectivity index (χ3n) is 6.71. The van der Waals surface area contributed by atoms with Gasteiger partial charge in [-0.1, -0.05) is 76.5 Å². The molecule has 3 rings (SSSR count). The van der Waals surface area contributed by atoms with Gasteiger partial charge in [-0.05, 0) is 80.5 Å². The Kier molecular flexibility index (Phi) is 8.83. The third-order valence-corrected chi connectivity index (χ3v) is 6.71. The highest BCUT2D eigenvalue weighted by atomic mass is 16.3. The lowest BCUT2D eigenvalue weighted by Crippen LogP contribution is -1.92. The number of benzene rings is 3. The number of hydrogen-bond acceptors (Lipinski definition) is 2. The minimum atomic E-state index is 0.263. The van der Waals surface area contributed by atoms with Crippen LogP contribution in [0.5, 0.6) is 11.5 Å². The average Bonchev–Trinajstić information content (AvgIpc) is 2.77. The molecule has 0 unspecified atom stereocenters. The van der Waals surface area contributed by atoms with Crippen LogP contribution in [0.4, 0.5) is 0 Å². The summed E-state index contributed by atoms with van der Waals surface area (Å²) in [5.74, 6) is 2.01. The lowest BCUT2D eigenvalue weighted by atomic mass is 9.95. The predicted molar refractivity (Wildman–Crippen MR) is 143 cm³/mol. The fraction of sp³-hybridized carbons (Fsp3) is 0.484. The molecule has 33 heavy (non-hydrogen) atoms. The minimum Gasteiger partial charge on any atom is -0.507 e. The second-order valence-corrected chi connectivity index (χ2v) is 10.6. The Balaban J connectivity index is 1.79. The van der Waals surface area contributed by atoms with Crippen LogP contribution < -0.4 is 0 Å². The number of phenols is 2. The summed E-state index contributed by atoms with van der Waals surface area (Å²) in [6, 6.07) is 12.2. The van der Waals surface area contributed by atoms with Crippen LogP contribution in [-0.4, -0.2) is 10.2 Å². The first-order valence-electron chi connectivity index (χ1n) is 12.8. The van der Waals surface area contributed by atoms with Crippen LogP contribution in [-0.2, 0) is 12.8 Å². The SMILES string of the molecule is CC(=CCCc1ccc2c(O)c3ccc(CCCC(C)C)cc3c(O)c2c1)CCCC(C)C. The van der Waals surface area contributed by atoms with Crippen LogP contribution >= 0.6 is 0 Å². The van der Waals surface area contributed by atoms with E-state index >= 15 is 0 Å². The van der Waals surface area contributed by atoms with Gasteiger partial charge in [0.15, 0.2) is 0 Å². The van der Waals surface area contributed by atoms with Gasteiger partial charge in [-0.15, -0.1) is 0 Å². The summed E-state index contributed by atoms with van der Waals surface area (Å²) < 4.78 is 0. The molecule has 0 atom stereocenters. The predicted octanol–water partition coefficient (Wildman–Crippen LogP) is 9.09. The van der Waals surface area contributed by atoms with Crippen molar-refractivity contribution in [1.29, 1.82) is 0 Å². The molecule has 0 aliphatic heterocycles. The molecule has 0 spiro atoms. The van der Waals surface area contributed by atoms with Gasteiger partial charge in [0.2, 0.25) is 0 Å². The summed E-state index contributed by atoms with van der Waals surface area (Å²) in [4.78, 5) is 0. The van der Waals surface area contributed by atoms with Gasteiger partial charge in [0.05, 0.1) is 0 Å². The van der Waals surface area contributed by atoms with Crippen molar-refractivity contribution >= 4 is 21.5 Å². The molecule has 178 valence electrons. The van der Waals surface area contributed by atoms with Crippen molar-refractivity contribution in [1.82, 2.24) is 0 Å². The summed E-state index contributed by atoms with van der Waals surface area (Å²) in [6.45, 7) is 11.3. The number of hydrogen-bond donors (Lipinski definition) is 2. The lowest BCUT2D eigenvalue weighted by molar-refractivity contribution is 0.478. The Morgan fingerprint density at radius 3 is 1.82 bits per heavy atom. The summed E-state index contributed by atoms with van der Waals surface area (Å²) in [5, 5.41) is 25.0. The van der Waals surface area contributed by atoms with Crippen molar-refractivity contribution < 1.29 is 10.2 Å². The number of fused-ring (bicyclic) bond motifs is 2. The molecule has 0 saturated heterocycles. The van der Waals surface area contributed by atoms with Gasteiger partial charge in [0.25, 0.3) is 0 Å². The molecule has 0 fully saturated rings. The minimum absolute atomic E-state index is 0.263. The van der Waals surface area contributed by atoms with Gasteiger partial charge in [-0.2, -0.15) is 0 Å². The molecule has 2 nitrogen and oxygen atoms in total. The van der Waals surface area contributed by atoms with E-state index in [1.54, 1.807) is 0 Å². The maximum Gasteiger partial charge on any atom is 0.131 e. The van der Waals surface area contributed by atoms with Gasteiger partial charge in [0, 0.05) is 21.5 Å². The summed E-state index contributed by atoms with van der Waals surface area (Å²) in [6.07, 6.45) is 11.3. The van der Waals surface area contributed by atoms with E-state index < -0.39 is 0 Å². The van der Waals surface area contributed by atoms with Gasteiger partial charge < -0.3 is 10.2 Å². The molecule has 0 saturated carbocycles. The van der Waals surface area contributed by atoms with Crippen LogP contribution in [0.2, 0.25) is 0 Å². The van der Waals surface area contributed by atoms with E-state index in [-0.39, 0.29) is 11.5 Å². The van der Waals surface area contributed by atoms with Crippen molar-refractivity contribution in [3.63, 3.8) is 0 Å². The largest absolute Gasteiger partial charge is 0.507 e. The second-order valence-electron chi connectivity index (χ2n) is 10.6. The summed E-state index contributed by atoms with van der Waals surface area (Å²) >= 11 is 0. The maximum atomic E-state index is 11.1. The third kappa shape index (κ3) is 6.76. The standard InChI is InChI=1S/C31H42O2/c1-21(2)9-6-11-23(5)12-8-14-25-16-18-27-29(20-25)31(33)28-19-24(13-7-10-22(3)4)15-17-26(28)30(27)32/h12,15-22,32-33H,6-11,13-14H2,1-5H3. The fourth-order valence-electron chi connectivity index (χ4n) is 4.68. The van der Waals surface area contributed by atoms with Crippen LogP contribution in [0, 0.1) is 11.8 Å². The van der Waals surface area contributed by atoms with E-state index in [0.717, 1.165) is 53.1 Å². The first-order chi connectivity index (χ1) is 15.8. The van der Waals surface area contributed by atoms with Crippen molar-refractivity contribution in [2.75, 3.05) is 0 Å². The lowest BCUT2D eigenvalue weighted by Gasteiger charge is -2.13. The number of rotatable bonds is 11. The molecular weight excluding hydrogens is 404 g/mol. The molecule has 3 aromatic rings. The molecule has 0 amide bonds. The molecule has 0 aliphatic carbocycles. The van der Waals surface area contributed by atoms with E-state index in [0.29, 0.717) is 5.92 Å². The van der Waals surface area contributed by atoms with E-state index in [9.17, 15) is 10.2 Å². The highest BCUT2D eigenvalue weighted by Gasteiger charge is 2.14. The number of aryl methyl sites for hydroxylation is 2. The first-order valence-corrected chi connectivity index (χ1v) is 12.8. The Morgan fingerprint density at radius 2 is 1.24 bits per heavy atom. The molecule has 2 N–H and O–H groups in total. The fourth-order valence-corrected chi connectivity index (χ4v) is 4.68. The Bertz CT molecular complexity index is 1110. The number of phenolic OH excluding ortho intramolecular Hbond substituents is 2. The molecular formula is C31H42O2. The van der Waals surface area contributed by atoms with Crippen molar-refractivity contribution in [3.8, 4) is 11.5 Å². The van der Waals surface area contributed by atoms with E-state index in [1.165, 1.54) is 42.4 Å². The first kappa shape index (κ1) is 25.1. The Labute approximate surface area is 200 Å². The molecule has 3 aromatic carbocycles. The zero-order chi connectivity index (χ0) is 24.0. The van der Waals surface area contributed by atoms with Crippen LogP contribution in [0.3, 0.4) is 0 Å². The molecule has 2 heteroatoms. The van der Waals surface area contributed by atoms with Gasteiger partial charge in [-0.25, -0.2) is 0 Å². The number of aromatic hydroxyl groups is 2. The van der Waals surface area contributed by atoms with Crippen LogP contribution in [0.1, 0.15) is 84.3 Å². The number of allylic oxidation sites excluding steroid dienone is 2. The monoisotopic (exact) mass is 446 g/mol. The molecule has 0 bridgehead atoms. The summed E-state index contributed by atoms with van der Waals surface area (Å²) in [7, 11) is 0. The second kappa shape index (κ2) is 11.6. The quantitative estimate of drug-likeness (QED) is 0.175. The zero-order valence-corrected chi connectivity index (χ0v) is 21.2. The highest BCUT2D eigenvalue weighted by Crippen LogP contribution is 2.42. The Morgan fingerprint density at radius 1 is 0.727 bits per heavy atom. The van der Waals surface area contributed by atoms with E-state index in [4.69, 9.17) is 0 Å². The van der Waals surface area contributed by atoms with Crippen LogP contribution in [0.15, 0.2) is 48.0 Å². The van der Waals surface area contributed by atoms with Gasteiger partial charge in [-0.3, -0.25) is 0 Å². The summed E-state index contributed by atoms with van der Waals surface area (Å²) in [5.41, 5.74) is 3.87. The topological polar surface area (TPSA) is 40.5 Å². The zero-order valence-electron chi connectivity index (χ0n) is 21.2. The van der Waals surface area contributed by atoms with E-state index in [1.807, 2.05) is 12.1 Å². The highest BCUT2D eigenvalue weighted by molar-refractivity contribution is 6.10. The Hall–Kier alpha value is -2.48. The normalized spacial score (nSPS) is 12.5. The van der Waals surface area contributed by atoms with Crippen molar-refractivity contribution in [3.05, 3.63) is 59.2 Å². The van der Waals surface area contributed by atoms with Crippen molar-refractivity contribution in [2.45, 2.75) is 86.0 Å². The molecule has 0 heterocycles. The smallest absolute Gasteiger partial charge is 0.131 e. The maximum absolute atomic E-state index is 11.1. The van der Waals surface area contributed by atoms with E-state index in [2.05, 4.69) is 65.0 Å². The van der Waals surface area contributed by atoms with Gasteiger partial charge in [0.1, 0.15) is 11.5 Å². The van der Waals surface area contributed by atoms with Crippen LogP contribution in [0.25, 0.3) is 21.5 Å². The molecule has 0 aliphatic rings.